The van der Waals surface area contributed by atoms with E-state index in [9.17, 15) is 0 Å². The molecule has 0 atom stereocenters. The van der Waals surface area contributed by atoms with Crippen LogP contribution in [0.15, 0.2) is 109 Å². The lowest BCUT2D eigenvalue weighted by Gasteiger charge is -2.21. The molecule has 2 nitrogen and oxygen atoms in total. The molecule has 0 radical (unpaired) electrons. The van der Waals surface area contributed by atoms with E-state index in [0.29, 0.717) is 0 Å². The number of nitrogens with zero attached hydrogens (tertiary/aromatic N) is 2. The Morgan fingerprint density at radius 2 is 1.25 bits per heavy atom. The molecule has 3 heterocycles. The first-order valence-corrected chi connectivity index (χ1v) is 16.2. The quantitative estimate of drug-likeness (QED) is 0.182. The van der Waals surface area contributed by atoms with Crippen LogP contribution in [0, 0.1) is 0 Å². The fourth-order valence-corrected chi connectivity index (χ4v) is 9.65. The number of rotatable bonds is 1. The number of fused-ring (bicyclic) bond motifs is 14. The van der Waals surface area contributed by atoms with E-state index in [1.807, 2.05) is 11.3 Å². The van der Waals surface area contributed by atoms with Crippen molar-refractivity contribution in [2.75, 3.05) is 0 Å². The van der Waals surface area contributed by atoms with Crippen LogP contribution in [0.1, 0.15) is 25.0 Å². The van der Waals surface area contributed by atoms with Crippen molar-refractivity contribution in [3.8, 4) is 22.3 Å². The second-order valence-electron chi connectivity index (χ2n) is 13.0. The van der Waals surface area contributed by atoms with Gasteiger partial charge in [0.25, 0.3) is 0 Å². The average molecular weight is 583 g/mol. The van der Waals surface area contributed by atoms with E-state index in [1.165, 1.54) is 97.2 Å². The number of aryl methyl sites for hydroxylation is 2. The van der Waals surface area contributed by atoms with Crippen LogP contribution in [-0.4, -0.2) is 9.13 Å². The zero-order valence-electron chi connectivity index (χ0n) is 25.2. The highest BCUT2D eigenvalue weighted by Gasteiger charge is 2.37. The van der Waals surface area contributed by atoms with Gasteiger partial charge in [-0.15, -0.1) is 11.3 Å². The molecule has 1 aliphatic carbocycles. The summed E-state index contributed by atoms with van der Waals surface area (Å²) in [6.07, 6.45) is 0. The Morgan fingerprint density at radius 3 is 2.14 bits per heavy atom. The summed E-state index contributed by atoms with van der Waals surface area (Å²) in [4.78, 5) is 0. The summed E-state index contributed by atoms with van der Waals surface area (Å²) in [5.41, 5.74) is 13.3. The van der Waals surface area contributed by atoms with Crippen LogP contribution >= 0.6 is 11.3 Å². The van der Waals surface area contributed by atoms with E-state index < -0.39 is 0 Å². The molecule has 210 valence electrons. The van der Waals surface area contributed by atoms with Crippen LogP contribution < -0.4 is 0 Å². The molecule has 3 heteroatoms. The molecule has 0 N–H and O–H groups in total. The molecule has 0 spiro atoms. The average Bonchev–Trinajstić information content (AvgIpc) is 3.73. The fraction of sp³-hybridized carbons (Fsp3) is 0.122. The molecule has 0 amide bonds. The first kappa shape index (κ1) is 24.6. The number of aromatic nitrogens is 2. The standard InChI is InChI=1S/C41H30N2S/c1-41(2)29-14-8-5-11-24(29)36-30(41)19-20-32-37(36)26-18-17-23(21-33(26)43(32)4)28-22-34-38(25-12-6-9-15-31(25)42(34)3)39-27-13-7-10-16-35(27)44-40(28)39/h5-22H,1-4H3. The minimum Gasteiger partial charge on any atom is -0.344 e. The Morgan fingerprint density at radius 1 is 0.523 bits per heavy atom. The molecule has 0 unspecified atom stereocenters. The maximum atomic E-state index is 2.44. The van der Waals surface area contributed by atoms with Gasteiger partial charge < -0.3 is 9.13 Å². The van der Waals surface area contributed by atoms with Gasteiger partial charge in [-0.2, -0.15) is 0 Å². The zero-order chi connectivity index (χ0) is 29.5. The van der Waals surface area contributed by atoms with Gasteiger partial charge in [-0.25, -0.2) is 0 Å². The minimum absolute atomic E-state index is 0.0109. The van der Waals surface area contributed by atoms with Crippen LogP contribution in [0.3, 0.4) is 0 Å². The third kappa shape index (κ3) is 2.86. The predicted octanol–water partition coefficient (Wildman–Crippen LogP) is 11.3. The molecular formula is C41H30N2S. The Balaban J connectivity index is 1.31. The van der Waals surface area contributed by atoms with Crippen LogP contribution in [0.4, 0.5) is 0 Å². The largest absolute Gasteiger partial charge is 0.344 e. The number of hydrogen-bond acceptors (Lipinski definition) is 1. The third-order valence-electron chi connectivity index (χ3n) is 10.6. The second kappa shape index (κ2) is 8.19. The number of benzene rings is 6. The van der Waals surface area contributed by atoms with Crippen molar-refractivity contribution in [3.63, 3.8) is 0 Å². The number of thiophene rings is 1. The fourth-order valence-electron chi connectivity index (χ4n) is 8.40. The highest BCUT2D eigenvalue weighted by molar-refractivity contribution is 7.26. The van der Waals surface area contributed by atoms with Crippen molar-refractivity contribution in [3.05, 3.63) is 120 Å². The predicted molar refractivity (Wildman–Crippen MR) is 190 cm³/mol. The summed E-state index contributed by atoms with van der Waals surface area (Å²) >= 11 is 1.92. The molecule has 44 heavy (non-hydrogen) atoms. The maximum absolute atomic E-state index is 2.44. The Labute approximate surface area is 259 Å². The van der Waals surface area contributed by atoms with Gasteiger partial charge in [0.15, 0.2) is 0 Å². The van der Waals surface area contributed by atoms with Gasteiger partial charge >= 0.3 is 0 Å². The number of hydrogen-bond donors (Lipinski definition) is 0. The molecule has 10 rings (SSSR count). The lowest BCUT2D eigenvalue weighted by atomic mass is 9.82. The highest BCUT2D eigenvalue weighted by atomic mass is 32.1. The third-order valence-corrected chi connectivity index (χ3v) is 11.8. The molecule has 6 aromatic carbocycles. The van der Waals surface area contributed by atoms with Crippen molar-refractivity contribution in [2.24, 2.45) is 14.1 Å². The first-order chi connectivity index (χ1) is 21.4. The lowest BCUT2D eigenvalue weighted by Crippen LogP contribution is -2.14. The summed E-state index contributed by atoms with van der Waals surface area (Å²) in [5.74, 6) is 0. The Kier molecular flexibility index (Phi) is 4.57. The molecule has 0 saturated carbocycles. The van der Waals surface area contributed by atoms with Crippen molar-refractivity contribution in [1.82, 2.24) is 9.13 Å². The summed E-state index contributed by atoms with van der Waals surface area (Å²) in [5, 5.41) is 8.12. The van der Waals surface area contributed by atoms with E-state index in [0.717, 1.165) is 0 Å². The van der Waals surface area contributed by atoms with E-state index in [-0.39, 0.29) is 5.41 Å². The molecule has 0 bridgehead atoms. The SMILES string of the molecule is Cn1c2cc(-c3cc4c(c5ccccc5n4C)c4c3sc3ccccc34)ccc2c2c3c(ccc21)C(C)(C)c1ccccc1-3. The van der Waals surface area contributed by atoms with Crippen molar-refractivity contribution < 1.29 is 0 Å². The van der Waals surface area contributed by atoms with Gasteiger partial charge in [-0.1, -0.05) is 92.7 Å². The summed E-state index contributed by atoms with van der Waals surface area (Å²) < 4.78 is 7.48. The van der Waals surface area contributed by atoms with Gasteiger partial charge in [-0.3, -0.25) is 0 Å². The van der Waals surface area contributed by atoms with Crippen molar-refractivity contribution in [2.45, 2.75) is 19.3 Å². The molecular weight excluding hydrogens is 553 g/mol. The van der Waals surface area contributed by atoms with Crippen LogP contribution in [0.2, 0.25) is 0 Å². The topological polar surface area (TPSA) is 9.86 Å². The zero-order valence-corrected chi connectivity index (χ0v) is 26.0. The van der Waals surface area contributed by atoms with E-state index >= 15 is 0 Å². The van der Waals surface area contributed by atoms with E-state index in [1.54, 1.807) is 0 Å². The molecule has 0 aliphatic heterocycles. The van der Waals surface area contributed by atoms with E-state index in [4.69, 9.17) is 0 Å². The van der Waals surface area contributed by atoms with Gasteiger partial charge in [0.05, 0.1) is 5.52 Å². The molecule has 1 aliphatic rings. The Hall–Kier alpha value is -4.86. The van der Waals surface area contributed by atoms with Crippen LogP contribution in [0.25, 0.3) is 86.0 Å². The first-order valence-electron chi connectivity index (χ1n) is 15.4. The molecule has 3 aromatic heterocycles. The van der Waals surface area contributed by atoms with Crippen molar-refractivity contribution >= 4 is 75.1 Å². The molecule has 0 saturated heterocycles. The van der Waals surface area contributed by atoms with Gasteiger partial charge in [-0.05, 0) is 58.1 Å². The summed E-state index contributed by atoms with van der Waals surface area (Å²) in [7, 11) is 4.44. The summed E-state index contributed by atoms with van der Waals surface area (Å²) in [6.45, 7) is 4.73. The van der Waals surface area contributed by atoms with Crippen LogP contribution in [-0.2, 0) is 19.5 Å². The second-order valence-corrected chi connectivity index (χ2v) is 14.1. The number of para-hydroxylation sites is 1. The maximum Gasteiger partial charge on any atom is 0.0502 e. The van der Waals surface area contributed by atoms with Gasteiger partial charge in [0.1, 0.15) is 0 Å². The summed E-state index contributed by atoms with van der Waals surface area (Å²) in [6, 6.07) is 41.1. The smallest absolute Gasteiger partial charge is 0.0502 e. The molecule has 0 fully saturated rings. The van der Waals surface area contributed by atoms with Crippen molar-refractivity contribution in [1.29, 1.82) is 0 Å². The normalized spacial score (nSPS) is 14.1. The lowest BCUT2D eigenvalue weighted by molar-refractivity contribution is 0.661. The Bertz CT molecular complexity index is 2710. The van der Waals surface area contributed by atoms with Gasteiger partial charge in [0.2, 0.25) is 0 Å². The minimum atomic E-state index is -0.0109. The highest BCUT2D eigenvalue weighted by Crippen LogP contribution is 2.53. The van der Waals surface area contributed by atoms with Gasteiger partial charge in [0, 0.05) is 83.3 Å². The monoisotopic (exact) mass is 582 g/mol. The van der Waals surface area contributed by atoms with Crippen LogP contribution in [0.5, 0.6) is 0 Å². The van der Waals surface area contributed by atoms with E-state index in [2.05, 4.69) is 146 Å². The molecule has 9 aromatic rings.